The number of nitrogens with one attached hydrogen (secondary N) is 1. The number of aryl methyl sites for hydroxylation is 1. The molecule has 0 atom stereocenters. The summed E-state index contributed by atoms with van der Waals surface area (Å²) in [4.78, 5) is 12.2. The van der Waals surface area contributed by atoms with Crippen molar-refractivity contribution in [2.24, 2.45) is 0 Å². The Morgan fingerprint density at radius 3 is 2.69 bits per heavy atom. The lowest BCUT2D eigenvalue weighted by Crippen LogP contribution is -2.16. The molecule has 6 nitrogen and oxygen atoms in total. The van der Waals surface area contributed by atoms with Crippen LogP contribution in [0.1, 0.15) is 5.56 Å². The normalized spacial score (nSPS) is 10.7. The summed E-state index contributed by atoms with van der Waals surface area (Å²) in [7, 11) is 0. The fourth-order valence-corrected chi connectivity index (χ4v) is 3.95. The summed E-state index contributed by atoms with van der Waals surface area (Å²) in [5.41, 5.74) is 2.67. The van der Waals surface area contributed by atoms with Gasteiger partial charge in [-0.1, -0.05) is 45.9 Å². The molecule has 2 aromatic carbocycles. The molecule has 3 aromatic rings. The van der Waals surface area contributed by atoms with E-state index in [9.17, 15) is 4.79 Å². The molecule has 1 heterocycles. The monoisotopic (exact) mass is 495 g/mol. The number of anilines is 1. The summed E-state index contributed by atoms with van der Waals surface area (Å²) in [6.07, 6.45) is 0. The lowest BCUT2D eigenvalue weighted by Gasteiger charge is -2.08. The van der Waals surface area contributed by atoms with Crippen LogP contribution in [0.3, 0.4) is 0 Å². The lowest BCUT2D eigenvalue weighted by molar-refractivity contribution is -0.113. The van der Waals surface area contributed by atoms with Crippen LogP contribution in [0, 0.1) is 6.92 Å². The summed E-state index contributed by atoms with van der Waals surface area (Å²) >= 11 is 8.15. The first-order valence-corrected chi connectivity index (χ1v) is 10.2. The summed E-state index contributed by atoms with van der Waals surface area (Å²) in [5, 5.41) is 11.5. The van der Waals surface area contributed by atoms with Crippen LogP contribution < -0.4 is 11.2 Å². The molecule has 3 rings (SSSR count). The third-order valence-corrected chi connectivity index (χ3v) is 5.80. The van der Waals surface area contributed by atoms with Crippen LogP contribution >= 0.6 is 43.6 Å². The van der Waals surface area contributed by atoms with Crippen molar-refractivity contribution >= 4 is 55.2 Å². The van der Waals surface area contributed by atoms with Gasteiger partial charge in [0.2, 0.25) is 11.1 Å². The number of aromatic nitrogens is 3. The van der Waals surface area contributed by atoms with Crippen molar-refractivity contribution < 1.29 is 4.79 Å². The molecule has 0 aliphatic heterocycles. The van der Waals surface area contributed by atoms with E-state index in [-0.39, 0.29) is 11.7 Å². The standard InChI is InChI=1S/C17H15Br2N5OS/c1-10-6-7-14(13(19)8-10)21-15(25)9-26-17-23-22-16(24(17)20)11-4-2-3-5-12(11)18/h2-8H,9,20H2,1H3,(H,21,25). The topological polar surface area (TPSA) is 85.8 Å². The van der Waals surface area contributed by atoms with Gasteiger partial charge in [0.1, 0.15) is 0 Å². The van der Waals surface area contributed by atoms with Gasteiger partial charge in [-0.2, -0.15) is 0 Å². The molecule has 1 amide bonds. The highest BCUT2D eigenvalue weighted by Gasteiger charge is 2.15. The highest BCUT2D eigenvalue weighted by molar-refractivity contribution is 9.11. The molecule has 0 aliphatic carbocycles. The Morgan fingerprint density at radius 1 is 1.19 bits per heavy atom. The van der Waals surface area contributed by atoms with Crippen LogP contribution in [0.4, 0.5) is 5.69 Å². The number of amides is 1. The van der Waals surface area contributed by atoms with Crippen molar-refractivity contribution in [2.45, 2.75) is 12.1 Å². The molecule has 0 saturated heterocycles. The van der Waals surface area contributed by atoms with Gasteiger partial charge in [-0.05, 0) is 52.7 Å². The van der Waals surface area contributed by atoms with Gasteiger partial charge < -0.3 is 11.2 Å². The van der Waals surface area contributed by atoms with Gasteiger partial charge >= 0.3 is 0 Å². The van der Waals surface area contributed by atoms with E-state index in [1.165, 1.54) is 16.4 Å². The minimum Gasteiger partial charge on any atom is -0.335 e. The Hall–Kier alpha value is -1.84. The Bertz CT molecular complexity index is 960. The Labute approximate surface area is 171 Å². The molecular weight excluding hydrogens is 482 g/mol. The van der Waals surface area contributed by atoms with E-state index in [2.05, 4.69) is 47.4 Å². The zero-order chi connectivity index (χ0) is 18.7. The lowest BCUT2D eigenvalue weighted by atomic mass is 10.2. The zero-order valence-electron chi connectivity index (χ0n) is 13.7. The van der Waals surface area contributed by atoms with E-state index >= 15 is 0 Å². The highest BCUT2D eigenvalue weighted by atomic mass is 79.9. The maximum Gasteiger partial charge on any atom is 0.234 e. The number of nitrogens with two attached hydrogens (primary N) is 1. The predicted molar refractivity (Wildman–Crippen MR) is 112 cm³/mol. The molecule has 0 saturated carbocycles. The number of hydrogen-bond acceptors (Lipinski definition) is 5. The molecular formula is C17H15Br2N5OS. The predicted octanol–water partition coefficient (Wildman–Crippen LogP) is 4.22. The first kappa shape index (κ1) is 18.9. The number of thioether (sulfide) groups is 1. The zero-order valence-corrected chi connectivity index (χ0v) is 17.7. The average Bonchev–Trinajstić information content (AvgIpc) is 2.97. The van der Waals surface area contributed by atoms with Crippen LogP contribution in [0.15, 0.2) is 56.6 Å². The number of rotatable bonds is 5. The van der Waals surface area contributed by atoms with Crippen LogP contribution in [0.2, 0.25) is 0 Å². The van der Waals surface area contributed by atoms with Crippen LogP contribution in [-0.4, -0.2) is 26.5 Å². The SMILES string of the molecule is Cc1ccc(NC(=O)CSc2nnc(-c3ccccc3Br)n2N)c(Br)c1. The van der Waals surface area contributed by atoms with E-state index in [1.54, 1.807) is 0 Å². The van der Waals surface area contributed by atoms with Crippen molar-refractivity contribution in [1.82, 2.24) is 14.9 Å². The summed E-state index contributed by atoms with van der Waals surface area (Å²) in [6.45, 7) is 1.99. The summed E-state index contributed by atoms with van der Waals surface area (Å²) in [5.74, 6) is 6.65. The number of nitrogen functional groups attached to an aromatic ring is 1. The molecule has 0 bridgehead atoms. The van der Waals surface area contributed by atoms with Gasteiger partial charge in [-0.15, -0.1) is 10.2 Å². The van der Waals surface area contributed by atoms with Crippen LogP contribution in [-0.2, 0) is 4.79 Å². The number of halogens is 2. The summed E-state index contributed by atoms with van der Waals surface area (Å²) < 4.78 is 3.10. The largest absolute Gasteiger partial charge is 0.335 e. The maximum absolute atomic E-state index is 12.2. The van der Waals surface area contributed by atoms with Gasteiger partial charge in [0, 0.05) is 14.5 Å². The van der Waals surface area contributed by atoms with Gasteiger partial charge in [0.25, 0.3) is 0 Å². The van der Waals surface area contributed by atoms with Crippen molar-refractivity contribution in [3.63, 3.8) is 0 Å². The quantitative estimate of drug-likeness (QED) is 0.408. The van der Waals surface area contributed by atoms with Crippen LogP contribution in [0.25, 0.3) is 11.4 Å². The third-order valence-electron chi connectivity index (χ3n) is 3.51. The number of nitrogens with zero attached hydrogens (tertiary/aromatic N) is 3. The minimum absolute atomic E-state index is 0.148. The molecule has 0 unspecified atom stereocenters. The van der Waals surface area contributed by atoms with Gasteiger partial charge in [-0.3, -0.25) is 4.79 Å². The first-order valence-electron chi connectivity index (χ1n) is 7.60. The molecule has 0 fully saturated rings. The van der Waals surface area contributed by atoms with Crippen LogP contribution in [0.5, 0.6) is 0 Å². The van der Waals surface area contributed by atoms with E-state index < -0.39 is 0 Å². The Kier molecular flexibility index (Phi) is 6.00. The van der Waals surface area contributed by atoms with Gasteiger partial charge in [-0.25, -0.2) is 4.68 Å². The molecule has 26 heavy (non-hydrogen) atoms. The molecule has 1 aromatic heterocycles. The minimum atomic E-state index is -0.148. The van der Waals surface area contributed by atoms with Gasteiger partial charge in [0.15, 0.2) is 5.82 Å². The van der Waals surface area contributed by atoms with E-state index in [4.69, 9.17) is 5.84 Å². The third kappa shape index (κ3) is 4.28. The van der Waals surface area contributed by atoms with E-state index in [0.717, 1.165) is 25.8 Å². The second-order valence-electron chi connectivity index (χ2n) is 5.48. The van der Waals surface area contributed by atoms with Crippen molar-refractivity contribution in [2.75, 3.05) is 16.9 Å². The molecule has 0 spiro atoms. The van der Waals surface area contributed by atoms with E-state index in [0.29, 0.717) is 11.0 Å². The average molecular weight is 497 g/mol. The smallest absolute Gasteiger partial charge is 0.234 e. The Morgan fingerprint density at radius 2 is 1.96 bits per heavy atom. The molecule has 0 aliphatic rings. The van der Waals surface area contributed by atoms with Crippen molar-refractivity contribution in [1.29, 1.82) is 0 Å². The number of carbonyl (C=O) groups excluding carboxylic acids is 1. The van der Waals surface area contributed by atoms with Crippen molar-refractivity contribution in [3.8, 4) is 11.4 Å². The number of benzene rings is 2. The second-order valence-corrected chi connectivity index (χ2v) is 8.13. The van der Waals surface area contributed by atoms with Crippen molar-refractivity contribution in [3.05, 3.63) is 57.0 Å². The summed E-state index contributed by atoms with van der Waals surface area (Å²) in [6, 6.07) is 13.4. The Balaban J connectivity index is 1.67. The first-order chi connectivity index (χ1) is 12.5. The number of carbonyl (C=O) groups is 1. The fraction of sp³-hybridized carbons (Fsp3) is 0.118. The number of hydrogen-bond donors (Lipinski definition) is 2. The molecule has 134 valence electrons. The molecule has 0 radical (unpaired) electrons. The van der Waals surface area contributed by atoms with Gasteiger partial charge in [0.05, 0.1) is 11.4 Å². The molecule has 9 heteroatoms. The molecule has 3 N–H and O–H groups in total. The second kappa shape index (κ2) is 8.24. The van der Waals surface area contributed by atoms with E-state index in [1.807, 2.05) is 49.4 Å². The fourth-order valence-electron chi connectivity index (χ4n) is 2.24. The highest BCUT2D eigenvalue weighted by Crippen LogP contribution is 2.28. The maximum atomic E-state index is 12.2.